The molecule has 0 bridgehead atoms. The molecule has 1 heterocycles. The number of carbonyl (C=O) groups is 1. The van der Waals surface area contributed by atoms with Gasteiger partial charge in [-0.3, -0.25) is 4.79 Å². The van der Waals surface area contributed by atoms with Crippen LogP contribution in [0, 0.1) is 6.92 Å². The molecule has 2 rings (SSSR count). The highest BCUT2D eigenvalue weighted by Crippen LogP contribution is 2.30. The van der Waals surface area contributed by atoms with Crippen molar-refractivity contribution in [1.29, 1.82) is 0 Å². The van der Waals surface area contributed by atoms with Gasteiger partial charge in [-0.2, -0.15) is 0 Å². The number of halogens is 1. The highest BCUT2D eigenvalue weighted by atomic mass is 35.5. The lowest BCUT2D eigenvalue weighted by Crippen LogP contribution is -2.21. The second-order valence-electron chi connectivity index (χ2n) is 4.80. The van der Waals surface area contributed by atoms with Gasteiger partial charge in [0.05, 0.1) is 5.52 Å². The van der Waals surface area contributed by atoms with Crippen LogP contribution in [0.25, 0.3) is 10.9 Å². The number of rotatable bonds is 2. The maximum absolute atomic E-state index is 12.0. The van der Waals surface area contributed by atoms with Crippen LogP contribution in [0.3, 0.4) is 0 Å². The molecule has 0 unspecified atom stereocenters. The summed E-state index contributed by atoms with van der Waals surface area (Å²) in [5, 5.41) is 10.5. The number of pyridine rings is 1. The zero-order chi connectivity index (χ0) is 14.3. The lowest BCUT2D eigenvalue weighted by Gasteiger charge is -2.14. The third-order valence-electron chi connectivity index (χ3n) is 3.22. The number of aromatic amines is 1. The summed E-state index contributed by atoms with van der Waals surface area (Å²) in [4.78, 5) is 25.9. The smallest absolute Gasteiger partial charge is 0.341 e. The van der Waals surface area contributed by atoms with Crippen LogP contribution in [0.15, 0.2) is 16.9 Å². The number of benzene rings is 1. The minimum absolute atomic E-state index is 0.0727. The predicted molar refractivity (Wildman–Crippen MR) is 75.4 cm³/mol. The lowest BCUT2D eigenvalue weighted by atomic mass is 9.93. The van der Waals surface area contributed by atoms with Crippen molar-refractivity contribution in [2.75, 3.05) is 0 Å². The topological polar surface area (TPSA) is 70.2 Å². The summed E-state index contributed by atoms with van der Waals surface area (Å²) in [5.74, 6) is -1.28. The van der Waals surface area contributed by atoms with Gasteiger partial charge in [-0.1, -0.05) is 31.5 Å². The first-order valence-electron chi connectivity index (χ1n) is 5.92. The van der Waals surface area contributed by atoms with E-state index in [0.717, 1.165) is 10.9 Å². The van der Waals surface area contributed by atoms with Crippen LogP contribution in [0.4, 0.5) is 0 Å². The van der Waals surface area contributed by atoms with Crippen molar-refractivity contribution < 1.29 is 9.90 Å². The van der Waals surface area contributed by atoms with Crippen molar-refractivity contribution in [3.8, 4) is 0 Å². The van der Waals surface area contributed by atoms with Crippen molar-refractivity contribution in [3.63, 3.8) is 0 Å². The van der Waals surface area contributed by atoms with Gasteiger partial charge < -0.3 is 10.1 Å². The molecule has 0 amide bonds. The molecule has 5 heteroatoms. The fourth-order valence-corrected chi connectivity index (χ4v) is 2.47. The summed E-state index contributed by atoms with van der Waals surface area (Å²) in [6.07, 6.45) is 0. The van der Waals surface area contributed by atoms with Gasteiger partial charge >= 0.3 is 5.97 Å². The highest BCUT2D eigenvalue weighted by Gasteiger charge is 2.21. The Hall–Kier alpha value is -1.81. The molecule has 1 aromatic carbocycles. The first kappa shape index (κ1) is 13.6. The number of hydrogen-bond donors (Lipinski definition) is 2. The predicted octanol–water partition coefficient (Wildman–Crippen LogP) is 3.31. The average molecular weight is 280 g/mol. The standard InChI is InChI=1S/C14H14ClNO3/c1-6(2)10-8-4-5-9(15)7(3)12(8)16-13(17)11(10)14(18)19/h4-6H,1-3H3,(H,16,17)(H,18,19). The Morgan fingerprint density at radius 3 is 2.53 bits per heavy atom. The Morgan fingerprint density at radius 1 is 1.37 bits per heavy atom. The number of aromatic nitrogens is 1. The number of H-pyrrole nitrogens is 1. The number of carboxylic acid groups (broad SMARTS) is 1. The summed E-state index contributed by atoms with van der Waals surface area (Å²) in [6.45, 7) is 5.53. The number of aryl methyl sites for hydroxylation is 1. The molecule has 0 aliphatic rings. The van der Waals surface area contributed by atoms with Crippen LogP contribution in [-0.2, 0) is 0 Å². The maximum atomic E-state index is 12.0. The SMILES string of the molecule is Cc1c(Cl)ccc2c(C(C)C)c(C(=O)O)c(=O)[nH]c12. The zero-order valence-electron chi connectivity index (χ0n) is 10.9. The third-order valence-corrected chi connectivity index (χ3v) is 3.62. The summed E-state index contributed by atoms with van der Waals surface area (Å²) in [7, 11) is 0. The molecule has 0 saturated carbocycles. The molecule has 0 fully saturated rings. The quantitative estimate of drug-likeness (QED) is 0.886. The van der Waals surface area contributed by atoms with Crippen molar-refractivity contribution in [1.82, 2.24) is 4.98 Å². The van der Waals surface area contributed by atoms with E-state index >= 15 is 0 Å². The Kier molecular flexibility index (Phi) is 3.37. The third kappa shape index (κ3) is 2.12. The number of fused-ring (bicyclic) bond motifs is 1. The molecule has 100 valence electrons. The Balaban J connectivity index is 3.06. The zero-order valence-corrected chi connectivity index (χ0v) is 11.6. The van der Waals surface area contributed by atoms with Crippen molar-refractivity contribution in [2.45, 2.75) is 26.7 Å². The molecule has 0 atom stereocenters. The first-order chi connectivity index (χ1) is 8.84. The second kappa shape index (κ2) is 4.70. The Labute approximate surface area is 115 Å². The maximum Gasteiger partial charge on any atom is 0.341 e. The summed E-state index contributed by atoms with van der Waals surface area (Å²) in [6, 6.07) is 3.47. The van der Waals surface area contributed by atoms with E-state index in [-0.39, 0.29) is 11.5 Å². The molecule has 2 N–H and O–H groups in total. The second-order valence-corrected chi connectivity index (χ2v) is 5.20. The van der Waals surface area contributed by atoms with E-state index in [0.29, 0.717) is 16.1 Å². The normalized spacial score (nSPS) is 11.2. The van der Waals surface area contributed by atoms with Crippen LogP contribution in [0.2, 0.25) is 5.02 Å². The largest absolute Gasteiger partial charge is 0.477 e. The minimum Gasteiger partial charge on any atom is -0.477 e. The van der Waals surface area contributed by atoms with Crippen LogP contribution in [0.5, 0.6) is 0 Å². The number of carboxylic acids is 1. The van der Waals surface area contributed by atoms with Crippen molar-refractivity contribution in [3.05, 3.63) is 44.2 Å². The fraction of sp³-hybridized carbons (Fsp3) is 0.286. The number of aromatic carboxylic acids is 1. The summed E-state index contributed by atoms with van der Waals surface area (Å²) < 4.78 is 0. The molecule has 0 spiro atoms. The van der Waals surface area contributed by atoms with E-state index < -0.39 is 11.5 Å². The fourth-order valence-electron chi connectivity index (χ4n) is 2.32. The van der Waals surface area contributed by atoms with Gasteiger partial charge in [-0.25, -0.2) is 4.79 Å². The molecule has 1 aromatic heterocycles. The van der Waals surface area contributed by atoms with Crippen molar-refractivity contribution in [2.24, 2.45) is 0 Å². The molecule has 19 heavy (non-hydrogen) atoms. The Morgan fingerprint density at radius 2 is 2.00 bits per heavy atom. The highest BCUT2D eigenvalue weighted by molar-refractivity contribution is 6.32. The minimum atomic E-state index is -1.21. The average Bonchev–Trinajstić information content (AvgIpc) is 2.32. The molecule has 0 radical (unpaired) electrons. The molecular formula is C14H14ClNO3. The monoisotopic (exact) mass is 279 g/mol. The number of nitrogens with one attached hydrogen (secondary N) is 1. The van der Waals surface area contributed by atoms with Gasteiger partial charge in [-0.05, 0) is 30.0 Å². The van der Waals surface area contributed by atoms with E-state index in [1.54, 1.807) is 19.1 Å². The number of hydrogen-bond acceptors (Lipinski definition) is 2. The van der Waals surface area contributed by atoms with Crippen LogP contribution >= 0.6 is 11.6 Å². The van der Waals surface area contributed by atoms with Gasteiger partial charge in [0.15, 0.2) is 0 Å². The molecule has 4 nitrogen and oxygen atoms in total. The van der Waals surface area contributed by atoms with Crippen LogP contribution in [0.1, 0.15) is 41.3 Å². The summed E-state index contributed by atoms with van der Waals surface area (Å²) in [5.41, 5.74) is 1.12. The van der Waals surface area contributed by atoms with Gasteiger partial charge in [0.25, 0.3) is 5.56 Å². The van der Waals surface area contributed by atoms with Crippen LogP contribution < -0.4 is 5.56 Å². The molecule has 0 saturated heterocycles. The Bertz CT molecular complexity index is 732. The van der Waals surface area contributed by atoms with E-state index in [4.69, 9.17) is 11.6 Å². The van der Waals surface area contributed by atoms with Gasteiger partial charge in [0.1, 0.15) is 5.56 Å². The van der Waals surface area contributed by atoms with Gasteiger partial charge in [-0.15, -0.1) is 0 Å². The molecule has 0 aliphatic carbocycles. The van der Waals surface area contributed by atoms with E-state index in [1.807, 2.05) is 13.8 Å². The van der Waals surface area contributed by atoms with Crippen molar-refractivity contribution >= 4 is 28.5 Å². The molecule has 0 aliphatic heterocycles. The van der Waals surface area contributed by atoms with Crippen LogP contribution in [-0.4, -0.2) is 16.1 Å². The van der Waals surface area contributed by atoms with E-state index in [1.165, 1.54) is 0 Å². The van der Waals surface area contributed by atoms with Gasteiger partial charge in [0, 0.05) is 10.4 Å². The van der Waals surface area contributed by atoms with E-state index in [9.17, 15) is 14.7 Å². The first-order valence-corrected chi connectivity index (χ1v) is 6.30. The van der Waals surface area contributed by atoms with E-state index in [2.05, 4.69) is 4.98 Å². The lowest BCUT2D eigenvalue weighted by molar-refractivity contribution is 0.0693. The molecule has 2 aromatic rings. The molecular weight excluding hydrogens is 266 g/mol. The van der Waals surface area contributed by atoms with Gasteiger partial charge in [0.2, 0.25) is 0 Å². The summed E-state index contributed by atoms with van der Waals surface area (Å²) >= 11 is 6.04.